The summed E-state index contributed by atoms with van der Waals surface area (Å²) in [6, 6.07) is 15.7. The maximum absolute atomic E-state index is 14.4. The van der Waals surface area contributed by atoms with Crippen molar-refractivity contribution in [3.8, 4) is 5.75 Å². The SMILES string of the molecule is NCC(c1ccccc1)(c1cc(F)cc(OCC(F)(F)F)c1)c1ccc(Cl)cn1. The lowest BCUT2D eigenvalue weighted by molar-refractivity contribution is -0.153. The summed E-state index contributed by atoms with van der Waals surface area (Å²) in [6.45, 7) is -1.55. The van der Waals surface area contributed by atoms with Crippen molar-refractivity contribution in [2.24, 2.45) is 5.73 Å². The van der Waals surface area contributed by atoms with Gasteiger partial charge < -0.3 is 10.5 Å². The van der Waals surface area contributed by atoms with E-state index in [0.717, 1.165) is 6.07 Å². The van der Waals surface area contributed by atoms with Crippen molar-refractivity contribution in [1.82, 2.24) is 4.98 Å². The molecule has 0 saturated carbocycles. The zero-order valence-corrected chi connectivity index (χ0v) is 15.8. The Labute approximate surface area is 170 Å². The summed E-state index contributed by atoms with van der Waals surface area (Å²) < 4.78 is 56.8. The summed E-state index contributed by atoms with van der Waals surface area (Å²) in [4.78, 5) is 4.36. The summed E-state index contributed by atoms with van der Waals surface area (Å²) in [5, 5.41) is 0.404. The predicted octanol–water partition coefficient (Wildman–Crippen LogP) is 5.11. The monoisotopic (exact) mass is 424 g/mol. The van der Waals surface area contributed by atoms with Gasteiger partial charge in [0.1, 0.15) is 11.6 Å². The highest BCUT2D eigenvalue weighted by molar-refractivity contribution is 6.30. The topological polar surface area (TPSA) is 48.1 Å². The van der Waals surface area contributed by atoms with Gasteiger partial charge >= 0.3 is 6.18 Å². The molecule has 1 atom stereocenters. The van der Waals surface area contributed by atoms with E-state index in [1.165, 1.54) is 18.3 Å². The van der Waals surface area contributed by atoms with E-state index in [1.54, 1.807) is 36.4 Å². The zero-order valence-electron chi connectivity index (χ0n) is 15.1. The van der Waals surface area contributed by atoms with Crippen molar-refractivity contribution in [3.05, 3.63) is 94.5 Å². The Balaban J connectivity index is 2.19. The van der Waals surface area contributed by atoms with Gasteiger partial charge in [-0.2, -0.15) is 13.2 Å². The van der Waals surface area contributed by atoms with Crippen molar-refractivity contribution >= 4 is 11.6 Å². The molecule has 8 heteroatoms. The van der Waals surface area contributed by atoms with Crippen LogP contribution in [0.5, 0.6) is 5.75 Å². The number of benzene rings is 2. The molecule has 0 aliphatic heterocycles. The Bertz CT molecular complexity index is 965. The van der Waals surface area contributed by atoms with Gasteiger partial charge in [-0.1, -0.05) is 41.9 Å². The molecule has 0 saturated heterocycles. The highest BCUT2D eigenvalue weighted by Gasteiger charge is 2.37. The Kier molecular flexibility index (Phi) is 6.10. The molecule has 0 aliphatic carbocycles. The van der Waals surface area contributed by atoms with E-state index in [0.29, 0.717) is 21.8 Å². The lowest BCUT2D eigenvalue weighted by Crippen LogP contribution is -2.38. The molecule has 0 amide bonds. The molecule has 2 aromatic carbocycles. The molecule has 29 heavy (non-hydrogen) atoms. The van der Waals surface area contributed by atoms with Crippen LogP contribution in [0.25, 0.3) is 0 Å². The smallest absolute Gasteiger partial charge is 0.422 e. The fraction of sp³-hybridized carbons (Fsp3) is 0.190. The van der Waals surface area contributed by atoms with E-state index in [1.807, 2.05) is 6.07 Å². The van der Waals surface area contributed by atoms with Crippen molar-refractivity contribution in [3.63, 3.8) is 0 Å². The minimum atomic E-state index is -4.55. The van der Waals surface area contributed by atoms with Gasteiger partial charge in [-0.15, -0.1) is 0 Å². The van der Waals surface area contributed by atoms with Gasteiger partial charge in [-0.05, 0) is 35.4 Å². The van der Waals surface area contributed by atoms with Crippen LogP contribution in [-0.4, -0.2) is 24.3 Å². The average Bonchev–Trinajstić information content (AvgIpc) is 2.69. The number of halogens is 5. The van der Waals surface area contributed by atoms with Crippen LogP contribution in [0.15, 0.2) is 66.9 Å². The van der Waals surface area contributed by atoms with E-state index in [-0.39, 0.29) is 12.3 Å². The van der Waals surface area contributed by atoms with Gasteiger partial charge in [-0.3, -0.25) is 4.98 Å². The van der Waals surface area contributed by atoms with Crippen LogP contribution in [0.4, 0.5) is 17.6 Å². The van der Waals surface area contributed by atoms with Gasteiger partial charge in [0.2, 0.25) is 0 Å². The molecule has 3 aromatic rings. The van der Waals surface area contributed by atoms with Gasteiger partial charge in [0.15, 0.2) is 6.61 Å². The summed E-state index contributed by atoms with van der Waals surface area (Å²) in [6.07, 6.45) is -3.11. The zero-order chi connectivity index (χ0) is 21.1. The molecule has 3 rings (SSSR count). The second-order valence-electron chi connectivity index (χ2n) is 6.42. The molecule has 152 valence electrons. The molecule has 1 aromatic heterocycles. The maximum atomic E-state index is 14.4. The molecule has 0 spiro atoms. The van der Waals surface area contributed by atoms with Gasteiger partial charge in [0, 0.05) is 18.8 Å². The van der Waals surface area contributed by atoms with E-state index in [2.05, 4.69) is 4.98 Å². The van der Waals surface area contributed by atoms with Crippen molar-refractivity contribution in [1.29, 1.82) is 0 Å². The minimum Gasteiger partial charge on any atom is -0.484 e. The lowest BCUT2D eigenvalue weighted by Gasteiger charge is -2.34. The number of nitrogens with zero attached hydrogens (tertiary/aromatic N) is 1. The van der Waals surface area contributed by atoms with Gasteiger partial charge in [0.25, 0.3) is 0 Å². The number of nitrogens with two attached hydrogens (primary N) is 1. The second kappa shape index (κ2) is 8.39. The third kappa shape index (κ3) is 4.68. The van der Waals surface area contributed by atoms with Crippen LogP contribution < -0.4 is 10.5 Å². The number of alkyl halides is 3. The molecule has 1 unspecified atom stereocenters. The third-order valence-electron chi connectivity index (χ3n) is 4.50. The fourth-order valence-corrected chi connectivity index (χ4v) is 3.32. The molecule has 0 bridgehead atoms. The first-order valence-corrected chi connectivity index (χ1v) is 9.00. The molecule has 1 heterocycles. The van der Waals surface area contributed by atoms with Crippen molar-refractivity contribution in [2.45, 2.75) is 11.6 Å². The molecule has 0 radical (unpaired) electrons. The van der Waals surface area contributed by atoms with Crippen LogP contribution in [-0.2, 0) is 5.41 Å². The minimum absolute atomic E-state index is 0.0200. The lowest BCUT2D eigenvalue weighted by atomic mass is 9.71. The van der Waals surface area contributed by atoms with Crippen LogP contribution in [0.3, 0.4) is 0 Å². The molecule has 2 N–H and O–H groups in total. The third-order valence-corrected chi connectivity index (χ3v) is 4.73. The number of hydrogen-bond acceptors (Lipinski definition) is 3. The Morgan fingerprint density at radius 2 is 1.69 bits per heavy atom. The summed E-state index contributed by atoms with van der Waals surface area (Å²) in [5.74, 6) is -0.998. The first-order chi connectivity index (χ1) is 13.7. The van der Waals surface area contributed by atoms with Crippen LogP contribution >= 0.6 is 11.6 Å². The number of ether oxygens (including phenoxy) is 1. The van der Waals surface area contributed by atoms with E-state index in [4.69, 9.17) is 22.1 Å². The predicted molar refractivity (Wildman–Crippen MR) is 103 cm³/mol. The second-order valence-corrected chi connectivity index (χ2v) is 6.85. The molecule has 0 fully saturated rings. The molecule has 3 nitrogen and oxygen atoms in total. The summed E-state index contributed by atoms with van der Waals surface area (Å²) in [7, 11) is 0. The molecular weight excluding hydrogens is 408 g/mol. The first-order valence-electron chi connectivity index (χ1n) is 8.63. The number of aromatic nitrogens is 1. The van der Waals surface area contributed by atoms with Crippen molar-refractivity contribution < 1.29 is 22.3 Å². The van der Waals surface area contributed by atoms with Gasteiger partial charge in [0.05, 0.1) is 16.1 Å². The largest absolute Gasteiger partial charge is 0.484 e. The first kappa shape index (κ1) is 21.1. The standard InChI is InChI=1S/C21H17ClF4N2O/c22-16-6-7-19(28-11-16)20(12-27,14-4-2-1-3-5-14)15-8-17(23)10-18(9-15)29-13-21(24,25)26/h1-11H,12-13,27H2. The van der Waals surface area contributed by atoms with Crippen LogP contribution in [0, 0.1) is 5.82 Å². The highest BCUT2D eigenvalue weighted by Crippen LogP contribution is 2.39. The van der Waals surface area contributed by atoms with Crippen LogP contribution in [0.2, 0.25) is 5.02 Å². The molecular formula is C21H17ClF4N2O. The van der Waals surface area contributed by atoms with Crippen molar-refractivity contribution in [2.75, 3.05) is 13.2 Å². The summed E-state index contributed by atoms with van der Waals surface area (Å²) in [5.41, 5.74) is 6.54. The fourth-order valence-electron chi connectivity index (χ4n) is 3.21. The number of rotatable bonds is 6. The Morgan fingerprint density at radius 3 is 2.28 bits per heavy atom. The quantitative estimate of drug-likeness (QED) is 0.559. The number of pyridine rings is 1. The van der Waals surface area contributed by atoms with E-state index >= 15 is 0 Å². The summed E-state index contributed by atoms with van der Waals surface area (Å²) >= 11 is 5.95. The normalized spacial score (nSPS) is 13.7. The average molecular weight is 425 g/mol. The number of hydrogen-bond donors (Lipinski definition) is 1. The molecule has 0 aliphatic rings. The van der Waals surface area contributed by atoms with E-state index < -0.39 is 24.0 Å². The maximum Gasteiger partial charge on any atom is 0.422 e. The van der Waals surface area contributed by atoms with Crippen LogP contribution in [0.1, 0.15) is 16.8 Å². The Morgan fingerprint density at radius 1 is 0.966 bits per heavy atom. The van der Waals surface area contributed by atoms with E-state index in [9.17, 15) is 17.6 Å². The Hall–Kier alpha value is -2.64. The van der Waals surface area contributed by atoms with Gasteiger partial charge in [-0.25, -0.2) is 4.39 Å². The highest BCUT2D eigenvalue weighted by atomic mass is 35.5.